The van der Waals surface area contributed by atoms with E-state index >= 15 is 0 Å². The average Bonchev–Trinajstić information content (AvgIpc) is 3.63. The molecule has 0 saturated carbocycles. The summed E-state index contributed by atoms with van der Waals surface area (Å²) in [5.74, 6) is 0. The summed E-state index contributed by atoms with van der Waals surface area (Å²) in [5, 5.41) is 3.00. The van der Waals surface area contributed by atoms with Crippen molar-refractivity contribution in [1.82, 2.24) is 0 Å². The minimum atomic E-state index is -0.469. The molecule has 45 heavy (non-hydrogen) atoms. The third-order valence-corrected chi connectivity index (χ3v) is 8.19. The SMILES string of the molecule is [2H]c1c([2H])c([2H])c(-c2cccc(-c3c4ccccc4c(-c4c([2H])c([2H])c5oc6c([2H])c(-c7ccccc7)c([2H])c([2H])c6c5c4[2H])c4ccccc34)c2)c([2H])c1[2H]. The summed E-state index contributed by atoms with van der Waals surface area (Å²) in [5.41, 5.74) is 3.33. The summed E-state index contributed by atoms with van der Waals surface area (Å²) in [4.78, 5) is 0. The van der Waals surface area contributed by atoms with Gasteiger partial charge in [-0.25, -0.2) is 0 Å². The first-order chi connectivity index (χ1) is 26.9. The Morgan fingerprint density at radius 3 is 1.67 bits per heavy atom. The maximum atomic E-state index is 9.70. The van der Waals surface area contributed by atoms with Crippen molar-refractivity contribution in [3.8, 4) is 44.5 Å². The van der Waals surface area contributed by atoms with Gasteiger partial charge in [-0.2, -0.15) is 0 Å². The number of hydrogen-bond donors (Lipinski definition) is 0. The van der Waals surface area contributed by atoms with E-state index in [0.29, 0.717) is 33.0 Å². The molecule has 8 aromatic carbocycles. The maximum Gasteiger partial charge on any atom is 0.136 e. The van der Waals surface area contributed by atoms with Crippen LogP contribution in [0.15, 0.2) is 174 Å². The van der Waals surface area contributed by atoms with Gasteiger partial charge in [0.25, 0.3) is 0 Å². The molecule has 210 valence electrons. The first kappa shape index (κ1) is 16.8. The van der Waals surface area contributed by atoms with Crippen molar-refractivity contribution in [1.29, 1.82) is 0 Å². The molecule has 1 heterocycles. The lowest BCUT2D eigenvalue weighted by Crippen LogP contribution is -1.91. The normalized spacial score (nSPS) is 15.0. The Kier molecular flexibility index (Phi) is 3.87. The van der Waals surface area contributed by atoms with Gasteiger partial charge in [0.2, 0.25) is 0 Å². The molecule has 1 nitrogen and oxygen atoms in total. The highest BCUT2D eigenvalue weighted by Crippen LogP contribution is 2.45. The van der Waals surface area contributed by atoms with Crippen molar-refractivity contribution in [2.24, 2.45) is 0 Å². The zero-order valence-corrected chi connectivity index (χ0v) is 23.7. The summed E-state index contributed by atoms with van der Waals surface area (Å²) >= 11 is 0. The van der Waals surface area contributed by atoms with E-state index in [9.17, 15) is 4.11 Å². The van der Waals surface area contributed by atoms with Gasteiger partial charge in [-0.1, -0.05) is 139 Å². The quantitative estimate of drug-likeness (QED) is 0.188. The molecule has 0 aliphatic rings. The highest BCUT2D eigenvalue weighted by molar-refractivity contribution is 6.22. The van der Waals surface area contributed by atoms with Gasteiger partial charge in [0.15, 0.2) is 0 Å². The van der Waals surface area contributed by atoms with E-state index in [1.807, 2.05) is 60.7 Å². The van der Waals surface area contributed by atoms with Crippen LogP contribution in [0, 0.1) is 0 Å². The second-order valence-electron chi connectivity index (χ2n) is 10.8. The van der Waals surface area contributed by atoms with Gasteiger partial charge in [-0.05, 0) is 96.3 Å². The smallest absolute Gasteiger partial charge is 0.136 e. The predicted octanol–water partition coefficient (Wildman–Crippen LogP) is 12.6. The first-order valence-corrected chi connectivity index (χ1v) is 14.5. The summed E-state index contributed by atoms with van der Waals surface area (Å²) in [6.45, 7) is 0. The molecule has 0 N–H and O–H groups in total. The van der Waals surface area contributed by atoms with E-state index in [2.05, 4.69) is 0 Å². The Labute approximate surface area is 277 Å². The first-order valence-electron chi connectivity index (χ1n) is 20.0. The fourth-order valence-corrected chi connectivity index (χ4v) is 6.20. The van der Waals surface area contributed by atoms with Gasteiger partial charge in [0.05, 0.1) is 15.1 Å². The number of benzene rings is 8. The maximum absolute atomic E-state index is 9.70. The molecular weight excluding hydrogens is 544 g/mol. The fourth-order valence-electron chi connectivity index (χ4n) is 6.20. The van der Waals surface area contributed by atoms with Crippen LogP contribution in [0.5, 0.6) is 0 Å². The van der Waals surface area contributed by atoms with Crippen LogP contribution >= 0.6 is 0 Å². The standard InChI is InChI=1S/C44H28O/c1-3-12-29(13-4-1)31-16-11-17-33(26-31)43-36-18-7-9-20-38(36)44(39-21-10-8-19-37(39)43)34-23-25-41-40(27-34)35-24-22-32(28-42(35)45-41)30-14-5-2-6-15-30/h1-28H/i1D,3D,4D,12D,13D,22D,23D,24D,25D,27D,28D. The lowest BCUT2D eigenvalue weighted by atomic mass is 9.85. The van der Waals surface area contributed by atoms with E-state index in [-0.39, 0.29) is 87.0 Å². The van der Waals surface area contributed by atoms with E-state index in [4.69, 9.17) is 15.4 Å². The van der Waals surface area contributed by atoms with Gasteiger partial charge in [0.1, 0.15) is 11.2 Å². The Morgan fingerprint density at radius 1 is 0.356 bits per heavy atom. The number of rotatable bonds is 4. The van der Waals surface area contributed by atoms with Gasteiger partial charge < -0.3 is 4.42 Å². The second kappa shape index (κ2) is 10.4. The van der Waals surface area contributed by atoms with Crippen LogP contribution in [0.25, 0.3) is 88.0 Å². The van der Waals surface area contributed by atoms with E-state index in [1.54, 1.807) is 42.5 Å². The molecule has 0 saturated heterocycles. The molecule has 0 aliphatic heterocycles. The zero-order chi connectivity index (χ0) is 39.3. The molecule has 0 unspecified atom stereocenters. The highest BCUT2D eigenvalue weighted by atomic mass is 16.3. The largest absolute Gasteiger partial charge is 0.456 e. The van der Waals surface area contributed by atoms with Crippen LogP contribution in [0.2, 0.25) is 0 Å². The van der Waals surface area contributed by atoms with Crippen LogP contribution in [0.3, 0.4) is 0 Å². The molecule has 1 heteroatoms. The molecule has 0 spiro atoms. The topological polar surface area (TPSA) is 13.1 Å². The van der Waals surface area contributed by atoms with Gasteiger partial charge in [-0.3, -0.25) is 0 Å². The van der Waals surface area contributed by atoms with Crippen molar-refractivity contribution in [2.75, 3.05) is 0 Å². The summed E-state index contributed by atoms with van der Waals surface area (Å²) < 4.78 is 103. The van der Waals surface area contributed by atoms with Crippen molar-refractivity contribution in [3.05, 3.63) is 170 Å². The van der Waals surface area contributed by atoms with Crippen LogP contribution in [-0.2, 0) is 0 Å². The Balaban J connectivity index is 1.36. The van der Waals surface area contributed by atoms with Crippen LogP contribution < -0.4 is 0 Å². The average molecular weight is 584 g/mol. The summed E-state index contributed by atoms with van der Waals surface area (Å²) in [7, 11) is 0. The lowest BCUT2D eigenvalue weighted by molar-refractivity contribution is 0.669. The van der Waals surface area contributed by atoms with Crippen molar-refractivity contribution in [3.63, 3.8) is 0 Å². The zero-order valence-electron chi connectivity index (χ0n) is 34.7. The molecule has 9 aromatic rings. The monoisotopic (exact) mass is 583 g/mol. The molecule has 0 bridgehead atoms. The fraction of sp³-hybridized carbons (Fsp3) is 0. The van der Waals surface area contributed by atoms with E-state index in [0.717, 1.165) is 16.3 Å². The number of hydrogen-bond acceptors (Lipinski definition) is 1. The van der Waals surface area contributed by atoms with Gasteiger partial charge in [0, 0.05) is 10.8 Å². The molecular formula is C44H28O. The summed E-state index contributed by atoms with van der Waals surface area (Å²) in [6, 6.07) is 27.8. The Bertz CT molecular complexity index is 3070. The minimum Gasteiger partial charge on any atom is -0.456 e. The molecule has 0 amide bonds. The van der Waals surface area contributed by atoms with Crippen molar-refractivity contribution < 1.29 is 19.5 Å². The molecule has 0 atom stereocenters. The van der Waals surface area contributed by atoms with Gasteiger partial charge in [-0.15, -0.1) is 0 Å². The minimum absolute atomic E-state index is 0.0255. The third kappa shape index (κ3) is 4.24. The molecule has 1 aromatic heterocycles. The van der Waals surface area contributed by atoms with Crippen molar-refractivity contribution >= 4 is 43.5 Å². The van der Waals surface area contributed by atoms with Crippen molar-refractivity contribution in [2.45, 2.75) is 0 Å². The lowest BCUT2D eigenvalue weighted by Gasteiger charge is -2.18. The predicted molar refractivity (Wildman–Crippen MR) is 190 cm³/mol. The highest BCUT2D eigenvalue weighted by Gasteiger charge is 2.18. The summed E-state index contributed by atoms with van der Waals surface area (Å²) in [6.07, 6.45) is 0. The Hall–Kier alpha value is -5.92. The molecule has 0 aliphatic carbocycles. The van der Waals surface area contributed by atoms with Gasteiger partial charge >= 0.3 is 0 Å². The van der Waals surface area contributed by atoms with Crippen LogP contribution in [-0.4, -0.2) is 0 Å². The van der Waals surface area contributed by atoms with E-state index < -0.39 is 18.1 Å². The molecule has 9 rings (SSSR count). The molecule has 0 radical (unpaired) electrons. The van der Waals surface area contributed by atoms with E-state index in [1.165, 1.54) is 0 Å². The number of fused-ring (bicyclic) bond motifs is 5. The number of furan rings is 1. The van der Waals surface area contributed by atoms with Crippen LogP contribution in [0.4, 0.5) is 0 Å². The Morgan fingerprint density at radius 2 is 0.956 bits per heavy atom. The molecule has 0 fully saturated rings. The van der Waals surface area contributed by atoms with Crippen LogP contribution in [0.1, 0.15) is 15.1 Å². The second-order valence-corrected chi connectivity index (χ2v) is 10.8. The third-order valence-electron chi connectivity index (χ3n) is 8.19.